The van der Waals surface area contributed by atoms with Crippen molar-refractivity contribution in [2.24, 2.45) is 4.99 Å². The van der Waals surface area contributed by atoms with E-state index in [1.807, 2.05) is 37.3 Å². The second kappa shape index (κ2) is 9.36. The molecule has 0 bridgehead atoms. The number of carbonyl (C=O) groups is 1. The Morgan fingerprint density at radius 1 is 1.20 bits per heavy atom. The van der Waals surface area contributed by atoms with E-state index in [4.69, 9.17) is 9.47 Å². The molecule has 0 spiro atoms. The quantitative estimate of drug-likeness (QED) is 0.733. The molecule has 0 atom stereocenters. The molecule has 2 aliphatic rings. The Morgan fingerprint density at radius 3 is 2.67 bits per heavy atom. The van der Waals surface area contributed by atoms with Crippen LogP contribution in [0.5, 0.6) is 5.75 Å². The maximum atomic E-state index is 12.4. The van der Waals surface area contributed by atoms with Gasteiger partial charge in [-0.2, -0.15) is 0 Å². The van der Waals surface area contributed by atoms with Gasteiger partial charge in [-0.3, -0.25) is 4.79 Å². The van der Waals surface area contributed by atoms with E-state index in [9.17, 15) is 4.79 Å². The number of nitrogens with one attached hydrogen (secondary N) is 1. The number of aryl methyl sites for hydroxylation is 1. The van der Waals surface area contributed by atoms with Crippen molar-refractivity contribution in [1.29, 1.82) is 0 Å². The number of nitrogens with zero attached hydrogens (tertiary/aromatic N) is 2. The van der Waals surface area contributed by atoms with Gasteiger partial charge in [0.25, 0.3) is 5.91 Å². The van der Waals surface area contributed by atoms with Crippen molar-refractivity contribution < 1.29 is 14.3 Å². The highest BCUT2D eigenvalue weighted by molar-refractivity contribution is 8.18. The second-order valence-corrected chi connectivity index (χ2v) is 8.08. The molecule has 0 unspecified atom stereocenters. The third-order valence-corrected chi connectivity index (χ3v) is 5.86. The average Bonchev–Trinajstić information content (AvgIpc) is 3.10. The van der Waals surface area contributed by atoms with E-state index in [1.165, 1.54) is 17.4 Å². The van der Waals surface area contributed by atoms with Crippen molar-refractivity contribution in [2.75, 3.05) is 37.8 Å². The molecule has 156 valence electrons. The van der Waals surface area contributed by atoms with Crippen molar-refractivity contribution in [3.8, 4) is 5.75 Å². The monoisotopic (exact) mass is 423 g/mol. The zero-order valence-corrected chi connectivity index (χ0v) is 18.0. The van der Waals surface area contributed by atoms with Gasteiger partial charge in [0, 0.05) is 18.8 Å². The SMILES string of the molecule is CCOc1ccc(N=C2NC(=O)C(=Cc3ccc(N4CCOCC4)cc3C)S2)cc1. The van der Waals surface area contributed by atoms with E-state index >= 15 is 0 Å². The summed E-state index contributed by atoms with van der Waals surface area (Å²) in [6, 6.07) is 13.9. The molecular weight excluding hydrogens is 398 g/mol. The molecule has 6 nitrogen and oxygen atoms in total. The van der Waals surface area contributed by atoms with Crippen LogP contribution in [-0.2, 0) is 9.53 Å². The van der Waals surface area contributed by atoms with E-state index in [0.717, 1.165) is 48.9 Å². The Labute approximate surface area is 181 Å². The highest BCUT2D eigenvalue weighted by atomic mass is 32.2. The van der Waals surface area contributed by atoms with Gasteiger partial charge >= 0.3 is 0 Å². The van der Waals surface area contributed by atoms with Crippen LogP contribution >= 0.6 is 11.8 Å². The summed E-state index contributed by atoms with van der Waals surface area (Å²) in [5.41, 5.74) is 4.14. The minimum Gasteiger partial charge on any atom is -0.494 e. The van der Waals surface area contributed by atoms with Gasteiger partial charge in [-0.25, -0.2) is 4.99 Å². The molecule has 2 heterocycles. The number of aliphatic imine (C=N–C) groups is 1. The van der Waals surface area contributed by atoms with Gasteiger partial charge in [-0.15, -0.1) is 0 Å². The van der Waals surface area contributed by atoms with Gasteiger partial charge in [0.05, 0.1) is 30.4 Å². The van der Waals surface area contributed by atoms with Crippen LogP contribution in [0.1, 0.15) is 18.1 Å². The Morgan fingerprint density at radius 2 is 1.97 bits per heavy atom. The standard InChI is InChI=1S/C23H25N3O3S/c1-3-29-20-8-5-18(6-9-20)24-23-25-22(27)21(30-23)15-17-4-7-19(14-16(17)2)26-10-12-28-13-11-26/h4-9,14-15H,3,10-13H2,1-2H3,(H,24,25,27). The topological polar surface area (TPSA) is 63.2 Å². The molecule has 2 saturated heterocycles. The minimum absolute atomic E-state index is 0.124. The fourth-order valence-electron chi connectivity index (χ4n) is 3.36. The summed E-state index contributed by atoms with van der Waals surface area (Å²) in [4.78, 5) is 19.9. The Hall–Kier alpha value is -2.77. The first-order chi connectivity index (χ1) is 14.6. The third-order valence-electron chi connectivity index (χ3n) is 4.95. The van der Waals surface area contributed by atoms with Gasteiger partial charge in [-0.05, 0) is 79.2 Å². The first-order valence-electron chi connectivity index (χ1n) is 10.1. The average molecular weight is 424 g/mol. The zero-order chi connectivity index (χ0) is 20.9. The van der Waals surface area contributed by atoms with E-state index in [1.54, 1.807) is 0 Å². The molecule has 2 aliphatic heterocycles. The summed E-state index contributed by atoms with van der Waals surface area (Å²) in [6.07, 6.45) is 1.93. The Balaban J connectivity index is 1.48. The van der Waals surface area contributed by atoms with E-state index in [2.05, 4.69) is 40.3 Å². The molecule has 0 radical (unpaired) electrons. The second-order valence-electron chi connectivity index (χ2n) is 7.05. The summed E-state index contributed by atoms with van der Waals surface area (Å²) in [5.74, 6) is 0.683. The largest absolute Gasteiger partial charge is 0.494 e. The molecule has 2 fully saturated rings. The summed E-state index contributed by atoms with van der Waals surface area (Å²) in [6.45, 7) is 7.98. The summed E-state index contributed by atoms with van der Waals surface area (Å²) >= 11 is 1.36. The number of morpholine rings is 1. The van der Waals surface area contributed by atoms with Crippen molar-refractivity contribution in [1.82, 2.24) is 5.32 Å². The van der Waals surface area contributed by atoms with Crippen LogP contribution in [0.3, 0.4) is 0 Å². The van der Waals surface area contributed by atoms with Crippen molar-refractivity contribution >= 4 is 40.3 Å². The lowest BCUT2D eigenvalue weighted by Gasteiger charge is -2.29. The number of hydrogen-bond donors (Lipinski definition) is 1. The lowest BCUT2D eigenvalue weighted by Crippen LogP contribution is -2.36. The normalized spacial score (nSPS) is 19.4. The summed E-state index contributed by atoms with van der Waals surface area (Å²) < 4.78 is 10.9. The number of anilines is 1. The molecule has 1 amide bonds. The van der Waals surface area contributed by atoms with Crippen molar-refractivity contribution in [3.63, 3.8) is 0 Å². The third kappa shape index (κ3) is 4.86. The lowest BCUT2D eigenvalue weighted by molar-refractivity contribution is -0.115. The van der Waals surface area contributed by atoms with Gasteiger partial charge in [0.2, 0.25) is 0 Å². The number of hydrogen-bond acceptors (Lipinski definition) is 6. The van der Waals surface area contributed by atoms with Crippen LogP contribution < -0.4 is 15.0 Å². The number of amidine groups is 1. The predicted octanol–water partition coefficient (Wildman–Crippen LogP) is 4.12. The molecule has 0 saturated carbocycles. The Kier molecular flexibility index (Phi) is 6.40. The number of carbonyl (C=O) groups excluding carboxylic acids is 1. The minimum atomic E-state index is -0.124. The van der Waals surface area contributed by atoms with Crippen molar-refractivity contribution in [3.05, 3.63) is 58.5 Å². The van der Waals surface area contributed by atoms with Crippen LogP contribution in [0.25, 0.3) is 6.08 Å². The molecule has 0 aromatic heterocycles. The maximum absolute atomic E-state index is 12.4. The maximum Gasteiger partial charge on any atom is 0.264 e. The lowest BCUT2D eigenvalue weighted by atomic mass is 10.1. The van der Waals surface area contributed by atoms with Crippen LogP contribution in [0, 0.1) is 6.92 Å². The first-order valence-corrected chi connectivity index (χ1v) is 10.9. The highest BCUT2D eigenvalue weighted by Crippen LogP contribution is 2.30. The molecule has 2 aromatic rings. The fraction of sp³-hybridized carbons (Fsp3) is 0.304. The Bertz CT molecular complexity index is 980. The van der Waals surface area contributed by atoms with E-state index in [-0.39, 0.29) is 5.91 Å². The molecule has 1 N–H and O–H groups in total. The van der Waals surface area contributed by atoms with E-state index in [0.29, 0.717) is 16.7 Å². The number of thioether (sulfide) groups is 1. The van der Waals surface area contributed by atoms with Gasteiger partial charge < -0.3 is 19.7 Å². The predicted molar refractivity (Wildman–Crippen MR) is 123 cm³/mol. The highest BCUT2D eigenvalue weighted by Gasteiger charge is 2.24. The fourth-order valence-corrected chi connectivity index (χ4v) is 4.20. The number of amides is 1. The van der Waals surface area contributed by atoms with E-state index < -0.39 is 0 Å². The number of ether oxygens (including phenoxy) is 2. The number of benzene rings is 2. The van der Waals surface area contributed by atoms with Gasteiger partial charge in [0.1, 0.15) is 5.75 Å². The van der Waals surface area contributed by atoms with Crippen LogP contribution in [-0.4, -0.2) is 44.0 Å². The summed E-state index contributed by atoms with van der Waals surface area (Å²) in [5, 5.41) is 3.43. The smallest absolute Gasteiger partial charge is 0.264 e. The number of rotatable bonds is 5. The molecule has 7 heteroatoms. The van der Waals surface area contributed by atoms with Gasteiger partial charge in [0.15, 0.2) is 5.17 Å². The molecule has 2 aromatic carbocycles. The van der Waals surface area contributed by atoms with Crippen LogP contribution in [0.2, 0.25) is 0 Å². The molecular formula is C23H25N3O3S. The molecule has 0 aliphatic carbocycles. The first kappa shape index (κ1) is 20.5. The molecule has 4 rings (SSSR count). The van der Waals surface area contributed by atoms with Crippen LogP contribution in [0.4, 0.5) is 11.4 Å². The zero-order valence-electron chi connectivity index (χ0n) is 17.2. The van der Waals surface area contributed by atoms with Gasteiger partial charge in [-0.1, -0.05) is 6.07 Å². The molecule has 30 heavy (non-hydrogen) atoms. The van der Waals surface area contributed by atoms with Crippen LogP contribution in [0.15, 0.2) is 52.4 Å². The summed E-state index contributed by atoms with van der Waals surface area (Å²) in [7, 11) is 0. The van der Waals surface area contributed by atoms with Crippen molar-refractivity contribution in [2.45, 2.75) is 13.8 Å².